The standard InChI is InChI=1S/C15H21N3OS/c1-4-9-19-14-7-8-16-15(18-14)17-11(2)10-13-6-5-12(3)20-13/h5-8,11H,4,9-10H2,1-3H3,(H,16,17,18). The summed E-state index contributed by atoms with van der Waals surface area (Å²) in [5.74, 6) is 1.25. The van der Waals surface area contributed by atoms with E-state index in [0.29, 0.717) is 18.4 Å². The number of nitrogens with zero attached hydrogens (tertiary/aromatic N) is 2. The van der Waals surface area contributed by atoms with Crippen LogP contribution in [0, 0.1) is 6.92 Å². The van der Waals surface area contributed by atoms with Crippen LogP contribution in [0.4, 0.5) is 5.95 Å². The predicted molar refractivity (Wildman–Crippen MR) is 83.7 cm³/mol. The van der Waals surface area contributed by atoms with Gasteiger partial charge in [0, 0.05) is 34.5 Å². The van der Waals surface area contributed by atoms with Gasteiger partial charge in [0.1, 0.15) is 0 Å². The maximum atomic E-state index is 5.51. The molecule has 0 aliphatic carbocycles. The molecule has 0 aliphatic heterocycles. The van der Waals surface area contributed by atoms with Gasteiger partial charge in [-0.15, -0.1) is 11.3 Å². The summed E-state index contributed by atoms with van der Waals surface area (Å²) in [5, 5.41) is 3.32. The minimum Gasteiger partial charge on any atom is -0.478 e. The third kappa shape index (κ3) is 4.49. The number of nitrogens with one attached hydrogen (secondary N) is 1. The molecule has 1 atom stereocenters. The molecule has 0 saturated heterocycles. The van der Waals surface area contributed by atoms with Crippen molar-refractivity contribution in [1.29, 1.82) is 0 Å². The van der Waals surface area contributed by atoms with Crippen molar-refractivity contribution >= 4 is 17.3 Å². The van der Waals surface area contributed by atoms with Crippen molar-refractivity contribution in [2.45, 2.75) is 39.7 Å². The number of aryl methyl sites for hydroxylation is 1. The topological polar surface area (TPSA) is 47.0 Å². The van der Waals surface area contributed by atoms with Gasteiger partial charge in [0.2, 0.25) is 11.8 Å². The van der Waals surface area contributed by atoms with Crippen molar-refractivity contribution in [3.05, 3.63) is 34.2 Å². The van der Waals surface area contributed by atoms with Crippen molar-refractivity contribution in [1.82, 2.24) is 9.97 Å². The molecule has 0 radical (unpaired) electrons. The molecule has 2 aromatic heterocycles. The van der Waals surface area contributed by atoms with Gasteiger partial charge < -0.3 is 10.1 Å². The van der Waals surface area contributed by atoms with Crippen LogP contribution >= 0.6 is 11.3 Å². The van der Waals surface area contributed by atoms with Crippen LogP contribution in [0.15, 0.2) is 24.4 Å². The van der Waals surface area contributed by atoms with Gasteiger partial charge in [-0.1, -0.05) is 6.92 Å². The molecule has 0 aliphatic rings. The molecule has 2 heterocycles. The largest absolute Gasteiger partial charge is 0.478 e. The molecule has 0 amide bonds. The first kappa shape index (κ1) is 14.8. The number of ether oxygens (including phenoxy) is 1. The fourth-order valence-corrected chi connectivity index (χ4v) is 2.89. The van der Waals surface area contributed by atoms with E-state index < -0.39 is 0 Å². The first-order valence-corrected chi connectivity index (χ1v) is 7.76. The number of thiophene rings is 1. The van der Waals surface area contributed by atoms with Crippen molar-refractivity contribution in [2.24, 2.45) is 0 Å². The van der Waals surface area contributed by atoms with Gasteiger partial charge in [-0.05, 0) is 32.4 Å². The fourth-order valence-electron chi connectivity index (χ4n) is 1.87. The minimum atomic E-state index is 0.287. The van der Waals surface area contributed by atoms with Crippen molar-refractivity contribution in [3.8, 4) is 5.88 Å². The maximum absolute atomic E-state index is 5.51. The summed E-state index contributed by atoms with van der Waals surface area (Å²) in [6.45, 7) is 7.02. The lowest BCUT2D eigenvalue weighted by molar-refractivity contribution is 0.305. The van der Waals surface area contributed by atoms with Gasteiger partial charge in [0.05, 0.1) is 6.61 Å². The Morgan fingerprint density at radius 1 is 1.35 bits per heavy atom. The Labute approximate surface area is 124 Å². The highest BCUT2D eigenvalue weighted by Crippen LogP contribution is 2.18. The van der Waals surface area contributed by atoms with Crippen LogP contribution in [0.3, 0.4) is 0 Å². The third-order valence-corrected chi connectivity index (χ3v) is 3.79. The van der Waals surface area contributed by atoms with Crippen LogP contribution < -0.4 is 10.1 Å². The van der Waals surface area contributed by atoms with Crippen LogP contribution in [0.2, 0.25) is 0 Å². The summed E-state index contributed by atoms with van der Waals surface area (Å²) < 4.78 is 5.51. The average Bonchev–Trinajstić information content (AvgIpc) is 2.82. The third-order valence-electron chi connectivity index (χ3n) is 2.76. The van der Waals surface area contributed by atoms with E-state index in [1.807, 2.05) is 11.3 Å². The van der Waals surface area contributed by atoms with E-state index in [1.54, 1.807) is 12.3 Å². The second-order valence-corrected chi connectivity index (χ2v) is 6.20. The normalized spacial score (nSPS) is 12.2. The first-order chi connectivity index (χ1) is 9.67. The second-order valence-electron chi connectivity index (χ2n) is 4.83. The molecule has 20 heavy (non-hydrogen) atoms. The van der Waals surface area contributed by atoms with Crippen molar-refractivity contribution < 1.29 is 4.74 Å². The molecule has 1 unspecified atom stereocenters. The van der Waals surface area contributed by atoms with E-state index in [2.05, 4.69) is 48.2 Å². The summed E-state index contributed by atoms with van der Waals surface area (Å²) in [4.78, 5) is 11.3. The molecule has 108 valence electrons. The molecule has 4 nitrogen and oxygen atoms in total. The summed E-state index contributed by atoms with van der Waals surface area (Å²) in [6, 6.07) is 6.41. The zero-order chi connectivity index (χ0) is 14.4. The van der Waals surface area contributed by atoms with Crippen molar-refractivity contribution in [3.63, 3.8) is 0 Å². The Hall–Kier alpha value is -1.62. The number of rotatable bonds is 7. The van der Waals surface area contributed by atoms with Gasteiger partial charge in [-0.3, -0.25) is 0 Å². The minimum absolute atomic E-state index is 0.287. The van der Waals surface area contributed by atoms with Crippen molar-refractivity contribution in [2.75, 3.05) is 11.9 Å². The molecule has 0 spiro atoms. The Kier molecular flexibility index (Phi) is 5.35. The van der Waals surface area contributed by atoms with E-state index in [-0.39, 0.29) is 6.04 Å². The van der Waals surface area contributed by atoms with E-state index in [4.69, 9.17) is 4.74 Å². The summed E-state index contributed by atoms with van der Waals surface area (Å²) in [7, 11) is 0. The first-order valence-electron chi connectivity index (χ1n) is 6.95. The lowest BCUT2D eigenvalue weighted by Gasteiger charge is -2.13. The highest BCUT2D eigenvalue weighted by atomic mass is 32.1. The average molecular weight is 291 g/mol. The molecule has 0 aromatic carbocycles. The highest BCUT2D eigenvalue weighted by molar-refractivity contribution is 7.11. The zero-order valence-electron chi connectivity index (χ0n) is 12.2. The quantitative estimate of drug-likeness (QED) is 0.845. The zero-order valence-corrected chi connectivity index (χ0v) is 13.0. The van der Waals surface area contributed by atoms with Gasteiger partial charge in [0.25, 0.3) is 0 Å². The number of aromatic nitrogens is 2. The second kappa shape index (κ2) is 7.24. The van der Waals surface area contributed by atoms with Crippen LogP contribution in [-0.4, -0.2) is 22.6 Å². The lowest BCUT2D eigenvalue weighted by Crippen LogP contribution is -2.19. The molecule has 0 saturated carbocycles. The van der Waals surface area contributed by atoms with Crippen LogP contribution in [0.5, 0.6) is 5.88 Å². The number of hydrogen-bond acceptors (Lipinski definition) is 5. The Balaban J connectivity index is 1.91. The molecule has 0 fully saturated rings. The van der Waals surface area contributed by atoms with Gasteiger partial charge in [-0.25, -0.2) is 4.98 Å². The van der Waals surface area contributed by atoms with Crippen LogP contribution in [0.1, 0.15) is 30.0 Å². The Bertz CT molecular complexity index is 541. The SMILES string of the molecule is CCCOc1ccnc(NC(C)Cc2ccc(C)s2)n1. The lowest BCUT2D eigenvalue weighted by atomic mass is 10.2. The molecule has 2 aromatic rings. The Morgan fingerprint density at radius 2 is 2.20 bits per heavy atom. The number of hydrogen-bond donors (Lipinski definition) is 1. The monoisotopic (exact) mass is 291 g/mol. The molecule has 1 N–H and O–H groups in total. The van der Waals surface area contributed by atoms with Gasteiger partial charge in [-0.2, -0.15) is 4.98 Å². The van der Waals surface area contributed by atoms with Gasteiger partial charge >= 0.3 is 0 Å². The highest BCUT2D eigenvalue weighted by Gasteiger charge is 2.08. The summed E-state index contributed by atoms with van der Waals surface area (Å²) in [6.07, 6.45) is 3.67. The predicted octanol–water partition coefficient (Wildman–Crippen LogP) is 3.68. The Morgan fingerprint density at radius 3 is 2.90 bits per heavy atom. The van der Waals surface area contributed by atoms with E-state index in [0.717, 1.165) is 12.8 Å². The van der Waals surface area contributed by atoms with E-state index >= 15 is 0 Å². The number of anilines is 1. The summed E-state index contributed by atoms with van der Waals surface area (Å²) in [5.41, 5.74) is 0. The molecule has 2 rings (SSSR count). The molecule has 5 heteroatoms. The molecular weight excluding hydrogens is 270 g/mol. The van der Waals surface area contributed by atoms with Crippen LogP contribution in [0.25, 0.3) is 0 Å². The fraction of sp³-hybridized carbons (Fsp3) is 0.467. The smallest absolute Gasteiger partial charge is 0.226 e. The molecular formula is C15H21N3OS. The van der Waals surface area contributed by atoms with E-state index in [1.165, 1.54) is 9.75 Å². The van der Waals surface area contributed by atoms with E-state index in [9.17, 15) is 0 Å². The molecule has 0 bridgehead atoms. The maximum Gasteiger partial charge on any atom is 0.226 e. The van der Waals surface area contributed by atoms with Crippen LogP contribution in [-0.2, 0) is 6.42 Å². The van der Waals surface area contributed by atoms with Gasteiger partial charge in [0.15, 0.2) is 0 Å². The summed E-state index contributed by atoms with van der Waals surface area (Å²) >= 11 is 1.84.